The van der Waals surface area contributed by atoms with Crippen molar-refractivity contribution < 1.29 is 4.79 Å². The second kappa shape index (κ2) is 5.09. The molecule has 0 spiro atoms. The Morgan fingerprint density at radius 2 is 1.60 bits per heavy atom. The number of ketones is 1. The molecule has 0 unspecified atom stereocenters. The Morgan fingerprint density at radius 3 is 2.30 bits per heavy atom. The Bertz CT molecular complexity index is 748. The monoisotopic (exact) mass is 263 g/mol. The molecule has 0 radical (unpaired) electrons. The molecule has 0 aliphatic carbocycles. The number of carbonyl (C=O) groups is 1. The molecule has 0 amide bonds. The van der Waals surface area contributed by atoms with Crippen LogP contribution in [0.3, 0.4) is 0 Å². The number of hydrogen-bond donors (Lipinski definition) is 0. The van der Waals surface area contributed by atoms with Crippen molar-refractivity contribution in [2.75, 3.05) is 0 Å². The number of Topliss-reactive ketones (excluding diaryl/α,β-unsaturated/α-hetero) is 1. The highest BCUT2D eigenvalue weighted by Crippen LogP contribution is 2.23. The molecule has 0 saturated carbocycles. The Hall–Kier alpha value is -2.75. The van der Waals surface area contributed by atoms with Crippen molar-refractivity contribution in [2.45, 2.75) is 6.92 Å². The van der Waals surface area contributed by atoms with Gasteiger partial charge in [0, 0.05) is 11.3 Å². The number of hydrogen-bond acceptors (Lipinski definition) is 3. The van der Waals surface area contributed by atoms with Gasteiger partial charge in [-0.2, -0.15) is 0 Å². The predicted octanol–water partition coefficient (Wildman–Crippen LogP) is 3.14. The van der Waals surface area contributed by atoms with Crippen LogP contribution in [0.2, 0.25) is 0 Å². The van der Waals surface area contributed by atoms with E-state index in [1.807, 2.05) is 53.1 Å². The number of carbonyl (C=O) groups excluding carboxylic acids is 1. The van der Waals surface area contributed by atoms with E-state index in [0.29, 0.717) is 0 Å². The van der Waals surface area contributed by atoms with Crippen molar-refractivity contribution in [1.82, 2.24) is 14.8 Å². The number of nitrogens with zero attached hydrogens (tertiary/aromatic N) is 3. The Balaban J connectivity index is 2.04. The lowest BCUT2D eigenvalue weighted by atomic mass is 10.0. The molecule has 20 heavy (non-hydrogen) atoms. The SMILES string of the molecule is CC(=O)c1cccc(-c2cccc(-n3cnnc3)c2)c1. The summed E-state index contributed by atoms with van der Waals surface area (Å²) >= 11 is 0. The maximum atomic E-state index is 11.5. The largest absolute Gasteiger partial charge is 0.295 e. The first-order valence-electron chi connectivity index (χ1n) is 6.30. The second-order valence-electron chi connectivity index (χ2n) is 4.56. The quantitative estimate of drug-likeness (QED) is 0.682. The van der Waals surface area contributed by atoms with Gasteiger partial charge in [0.25, 0.3) is 0 Å². The van der Waals surface area contributed by atoms with Gasteiger partial charge in [-0.05, 0) is 36.2 Å². The number of aromatic nitrogens is 3. The van der Waals surface area contributed by atoms with Crippen LogP contribution in [0, 0.1) is 0 Å². The molecule has 1 aromatic heterocycles. The van der Waals surface area contributed by atoms with Crippen molar-refractivity contribution in [1.29, 1.82) is 0 Å². The first kappa shape index (κ1) is 12.3. The molecule has 2 aromatic carbocycles. The summed E-state index contributed by atoms with van der Waals surface area (Å²) in [6, 6.07) is 15.7. The first-order valence-corrected chi connectivity index (χ1v) is 6.30. The lowest BCUT2D eigenvalue weighted by Crippen LogP contribution is -1.93. The summed E-state index contributed by atoms with van der Waals surface area (Å²) in [7, 11) is 0. The lowest BCUT2D eigenvalue weighted by molar-refractivity contribution is 0.101. The Labute approximate surface area is 116 Å². The topological polar surface area (TPSA) is 47.8 Å². The van der Waals surface area contributed by atoms with Crippen LogP contribution in [-0.4, -0.2) is 20.5 Å². The second-order valence-corrected chi connectivity index (χ2v) is 4.56. The molecular weight excluding hydrogens is 250 g/mol. The van der Waals surface area contributed by atoms with Gasteiger partial charge in [-0.25, -0.2) is 0 Å². The van der Waals surface area contributed by atoms with Crippen molar-refractivity contribution in [3.8, 4) is 16.8 Å². The van der Waals surface area contributed by atoms with Crippen LogP contribution in [0.1, 0.15) is 17.3 Å². The van der Waals surface area contributed by atoms with E-state index in [4.69, 9.17) is 0 Å². The van der Waals surface area contributed by atoms with Crippen LogP contribution in [0.15, 0.2) is 61.2 Å². The van der Waals surface area contributed by atoms with Crippen LogP contribution < -0.4 is 0 Å². The smallest absolute Gasteiger partial charge is 0.159 e. The van der Waals surface area contributed by atoms with E-state index in [9.17, 15) is 4.79 Å². The molecular formula is C16H13N3O. The fraction of sp³-hybridized carbons (Fsp3) is 0.0625. The van der Waals surface area contributed by atoms with Crippen molar-refractivity contribution in [2.24, 2.45) is 0 Å². The molecule has 4 nitrogen and oxygen atoms in total. The lowest BCUT2D eigenvalue weighted by Gasteiger charge is -2.07. The molecule has 0 fully saturated rings. The average molecular weight is 263 g/mol. The molecule has 0 N–H and O–H groups in total. The van der Waals surface area contributed by atoms with Gasteiger partial charge in [0.15, 0.2) is 5.78 Å². The summed E-state index contributed by atoms with van der Waals surface area (Å²) in [4.78, 5) is 11.5. The average Bonchev–Trinajstić information content (AvgIpc) is 3.02. The Morgan fingerprint density at radius 1 is 0.950 bits per heavy atom. The van der Waals surface area contributed by atoms with Gasteiger partial charge in [-0.1, -0.05) is 30.3 Å². The summed E-state index contributed by atoms with van der Waals surface area (Å²) in [5.41, 5.74) is 3.78. The number of benzene rings is 2. The molecule has 0 saturated heterocycles. The molecule has 3 aromatic rings. The zero-order chi connectivity index (χ0) is 13.9. The zero-order valence-electron chi connectivity index (χ0n) is 11.0. The van der Waals surface area contributed by atoms with Crippen LogP contribution in [0.25, 0.3) is 16.8 Å². The van der Waals surface area contributed by atoms with Gasteiger partial charge in [-0.15, -0.1) is 10.2 Å². The van der Waals surface area contributed by atoms with Crippen LogP contribution in [-0.2, 0) is 0 Å². The van der Waals surface area contributed by atoms with E-state index >= 15 is 0 Å². The summed E-state index contributed by atoms with van der Waals surface area (Å²) in [6.45, 7) is 1.58. The first-order chi connectivity index (χ1) is 9.74. The van der Waals surface area contributed by atoms with Gasteiger partial charge in [0.05, 0.1) is 0 Å². The molecule has 98 valence electrons. The third-order valence-electron chi connectivity index (χ3n) is 3.17. The van der Waals surface area contributed by atoms with Crippen molar-refractivity contribution in [3.05, 3.63) is 66.7 Å². The van der Waals surface area contributed by atoms with Crippen molar-refractivity contribution in [3.63, 3.8) is 0 Å². The maximum Gasteiger partial charge on any atom is 0.159 e. The van der Waals surface area contributed by atoms with E-state index in [1.54, 1.807) is 19.6 Å². The van der Waals surface area contributed by atoms with E-state index in [-0.39, 0.29) is 5.78 Å². The predicted molar refractivity (Wildman–Crippen MR) is 76.8 cm³/mol. The van der Waals surface area contributed by atoms with Crippen LogP contribution in [0.5, 0.6) is 0 Å². The van der Waals surface area contributed by atoms with Crippen LogP contribution in [0.4, 0.5) is 0 Å². The van der Waals surface area contributed by atoms with Gasteiger partial charge >= 0.3 is 0 Å². The van der Waals surface area contributed by atoms with E-state index in [1.165, 1.54) is 0 Å². The highest BCUT2D eigenvalue weighted by Gasteiger charge is 2.04. The van der Waals surface area contributed by atoms with Gasteiger partial charge in [0.1, 0.15) is 12.7 Å². The Kier molecular flexibility index (Phi) is 3.13. The molecule has 0 atom stereocenters. The minimum Gasteiger partial charge on any atom is -0.295 e. The highest BCUT2D eigenvalue weighted by atomic mass is 16.1. The van der Waals surface area contributed by atoms with Crippen molar-refractivity contribution >= 4 is 5.78 Å². The molecule has 1 heterocycles. The maximum absolute atomic E-state index is 11.5. The molecule has 3 rings (SSSR count). The van der Waals surface area contributed by atoms with Gasteiger partial charge < -0.3 is 0 Å². The summed E-state index contributed by atoms with van der Waals surface area (Å²) in [6.07, 6.45) is 3.32. The fourth-order valence-corrected chi connectivity index (χ4v) is 2.10. The molecule has 0 aliphatic rings. The molecule has 0 bridgehead atoms. The minimum absolute atomic E-state index is 0.0711. The third kappa shape index (κ3) is 2.36. The van der Waals surface area contributed by atoms with E-state index < -0.39 is 0 Å². The van der Waals surface area contributed by atoms with Gasteiger partial charge in [0.2, 0.25) is 0 Å². The van der Waals surface area contributed by atoms with E-state index in [0.717, 1.165) is 22.4 Å². The summed E-state index contributed by atoms with van der Waals surface area (Å²) in [5, 5.41) is 7.61. The molecule has 4 heteroatoms. The summed E-state index contributed by atoms with van der Waals surface area (Å²) < 4.78 is 1.85. The highest BCUT2D eigenvalue weighted by molar-refractivity contribution is 5.95. The minimum atomic E-state index is 0.0711. The number of rotatable bonds is 3. The third-order valence-corrected chi connectivity index (χ3v) is 3.17. The standard InChI is InChI=1S/C16H13N3O/c1-12(20)13-4-2-5-14(8-13)15-6-3-7-16(9-15)19-10-17-18-11-19/h2-11H,1H3. The van der Waals surface area contributed by atoms with E-state index in [2.05, 4.69) is 10.2 Å². The van der Waals surface area contributed by atoms with Gasteiger partial charge in [-0.3, -0.25) is 9.36 Å². The zero-order valence-corrected chi connectivity index (χ0v) is 11.0. The molecule has 0 aliphatic heterocycles. The summed E-state index contributed by atoms with van der Waals surface area (Å²) in [5.74, 6) is 0.0711. The van der Waals surface area contributed by atoms with Crippen LogP contribution >= 0.6 is 0 Å². The fourth-order valence-electron chi connectivity index (χ4n) is 2.10. The normalized spacial score (nSPS) is 10.4.